The normalized spacial score (nSPS) is 15.5. The third kappa shape index (κ3) is 3.10. The van der Waals surface area contributed by atoms with Crippen LogP contribution in [0.1, 0.15) is 17.2 Å². The Kier molecular flexibility index (Phi) is 3.93. The quantitative estimate of drug-likeness (QED) is 0.796. The van der Waals surface area contributed by atoms with Gasteiger partial charge in [-0.25, -0.2) is 9.07 Å². The fourth-order valence-electron chi connectivity index (χ4n) is 2.87. The van der Waals surface area contributed by atoms with Crippen molar-refractivity contribution < 1.29 is 13.9 Å². The molecule has 0 saturated heterocycles. The van der Waals surface area contributed by atoms with Gasteiger partial charge in [-0.2, -0.15) is 5.10 Å². The summed E-state index contributed by atoms with van der Waals surface area (Å²) in [5.41, 5.74) is 2.40. The van der Waals surface area contributed by atoms with Crippen molar-refractivity contribution in [3.63, 3.8) is 0 Å². The van der Waals surface area contributed by atoms with E-state index >= 15 is 0 Å². The fraction of sp³-hybridized carbons (Fsp3) is 0.158. The third-order valence-electron chi connectivity index (χ3n) is 4.20. The molecule has 1 aliphatic rings. The molecule has 4 rings (SSSR count). The van der Waals surface area contributed by atoms with Crippen LogP contribution in [-0.4, -0.2) is 22.3 Å². The van der Waals surface area contributed by atoms with Crippen LogP contribution in [0.25, 0.3) is 5.69 Å². The first-order valence-electron chi connectivity index (χ1n) is 8.00. The number of nitrogens with one attached hydrogen (secondary N) is 1. The zero-order valence-corrected chi connectivity index (χ0v) is 13.4. The summed E-state index contributed by atoms with van der Waals surface area (Å²) in [5, 5.41) is 7.30. The van der Waals surface area contributed by atoms with Crippen LogP contribution in [0.3, 0.4) is 0 Å². The summed E-state index contributed by atoms with van der Waals surface area (Å²) in [6.07, 6.45) is 1.78. The SMILES string of the molecule is O=C(NCc1ccn(-c2ccc(F)cc2)n1)[C@@H]1COc2ccccc21. The Morgan fingerprint density at radius 1 is 1.20 bits per heavy atom. The molecule has 25 heavy (non-hydrogen) atoms. The Bertz CT molecular complexity index is 905. The maximum absolute atomic E-state index is 13.0. The topological polar surface area (TPSA) is 56.2 Å². The Balaban J connectivity index is 1.41. The van der Waals surface area contributed by atoms with E-state index in [4.69, 9.17) is 4.74 Å². The molecule has 3 aromatic rings. The lowest BCUT2D eigenvalue weighted by Gasteiger charge is -2.09. The molecule has 0 spiro atoms. The number of fused-ring (bicyclic) bond motifs is 1. The number of carbonyl (C=O) groups is 1. The minimum absolute atomic E-state index is 0.0821. The Morgan fingerprint density at radius 3 is 2.84 bits per heavy atom. The second-order valence-corrected chi connectivity index (χ2v) is 5.85. The first-order chi connectivity index (χ1) is 12.2. The summed E-state index contributed by atoms with van der Waals surface area (Å²) in [4.78, 5) is 12.4. The monoisotopic (exact) mass is 337 g/mol. The number of hydrogen-bond donors (Lipinski definition) is 1. The van der Waals surface area contributed by atoms with E-state index in [1.165, 1.54) is 12.1 Å². The highest BCUT2D eigenvalue weighted by Crippen LogP contribution is 2.33. The van der Waals surface area contributed by atoms with E-state index in [0.29, 0.717) is 13.2 Å². The largest absolute Gasteiger partial charge is 0.492 e. The molecule has 0 radical (unpaired) electrons. The van der Waals surface area contributed by atoms with Crippen LogP contribution in [0.4, 0.5) is 4.39 Å². The lowest BCUT2D eigenvalue weighted by atomic mass is 10.0. The van der Waals surface area contributed by atoms with Crippen molar-refractivity contribution in [2.75, 3.05) is 6.61 Å². The Morgan fingerprint density at radius 2 is 2.00 bits per heavy atom. The van der Waals surface area contributed by atoms with Crippen LogP contribution < -0.4 is 10.1 Å². The Labute approximate surface area is 144 Å². The molecule has 1 aromatic heterocycles. The molecule has 2 aromatic carbocycles. The van der Waals surface area contributed by atoms with Gasteiger partial charge in [-0.3, -0.25) is 4.79 Å². The average Bonchev–Trinajstić information content (AvgIpc) is 3.27. The molecule has 0 saturated carbocycles. The predicted molar refractivity (Wildman–Crippen MR) is 90.0 cm³/mol. The average molecular weight is 337 g/mol. The highest BCUT2D eigenvalue weighted by molar-refractivity contribution is 5.85. The second kappa shape index (κ2) is 6.39. The molecule has 5 nitrogen and oxygen atoms in total. The number of para-hydroxylation sites is 1. The molecule has 6 heteroatoms. The number of rotatable bonds is 4. The Hall–Kier alpha value is -3.15. The maximum atomic E-state index is 13.0. The molecule has 2 heterocycles. The molecular formula is C19H16FN3O2. The van der Waals surface area contributed by atoms with Gasteiger partial charge >= 0.3 is 0 Å². The first-order valence-corrected chi connectivity index (χ1v) is 8.00. The summed E-state index contributed by atoms with van der Waals surface area (Å²) in [7, 11) is 0. The summed E-state index contributed by atoms with van der Waals surface area (Å²) >= 11 is 0. The minimum Gasteiger partial charge on any atom is -0.492 e. The van der Waals surface area contributed by atoms with Gasteiger partial charge in [0.05, 0.1) is 17.9 Å². The van der Waals surface area contributed by atoms with Crippen molar-refractivity contribution in [2.45, 2.75) is 12.5 Å². The van der Waals surface area contributed by atoms with Crippen molar-refractivity contribution in [3.8, 4) is 11.4 Å². The minimum atomic E-state index is -0.296. The smallest absolute Gasteiger partial charge is 0.231 e. The first kappa shape index (κ1) is 15.4. The van der Waals surface area contributed by atoms with Crippen LogP contribution >= 0.6 is 0 Å². The number of aromatic nitrogens is 2. The molecular weight excluding hydrogens is 321 g/mol. The van der Waals surface area contributed by atoms with E-state index < -0.39 is 0 Å². The van der Waals surface area contributed by atoms with Crippen molar-refractivity contribution in [3.05, 3.63) is 77.9 Å². The maximum Gasteiger partial charge on any atom is 0.231 e. The number of carbonyl (C=O) groups excluding carboxylic acids is 1. The van der Waals surface area contributed by atoms with Gasteiger partial charge in [0.1, 0.15) is 24.1 Å². The van der Waals surface area contributed by atoms with Gasteiger partial charge < -0.3 is 10.1 Å². The lowest BCUT2D eigenvalue weighted by Crippen LogP contribution is -2.29. The molecule has 1 aliphatic heterocycles. The van der Waals surface area contributed by atoms with E-state index in [1.807, 2.05) is 30.3 Å². The third-order valence-corrected chi connectivity index (χ3v) is 4.20. The number of benzene rings is 2. The molecule has 0 unspecified atom stereocenters. The van der Waals surface area contributed by atoms with Gasteiger partial charge in [0.25, 0.3) is 0 Å². The van der Waals surface area contributed by atoms with Crippen molar-refractivity contribution >= 4 is 5.91 Å². The zero-order valence-electron chi connectivity index (χ0n) is 13.4. The van der Waals surface area contributed by atoms with E-state index in [9.17, 15) is 9.18 Å². The summed E-state index contributed by atoms with van der Waals surface area (Å²) < 4.78 is 20.2. The number of nitrogens with zero attached hydrogens (tertiary/aromatic N) is 2. The van der Waals surface area contributed by atoms with Crippen LogP contribution in [0.2, 0.25) is 0 Å². The second-order valence-electron chi connectivity index (χ2n) is 5.85. The molecule has 126 valence electrons. The lowest BCUT2D eigenvalue weighted by molar-refractivity contribution is -0.122. The standard InChI is InChI=1S/C19H16FN3O2/c20-13-5-7-15(8-6-13)23-10-9-14(22-23)11-21-19(24)17-12-25-18-4-2-1-3-16(17)18/h1-10,17H,11-12H2,(H,21,24)/t17-/m1/s1. The highest BCUT2D eigenvalue weighted by atomic mass is 19.1. The van der Waals surface area contributed by atoms with Gasteiger partial charge in [0, 0.05) is 11.8 Å². The predicted octanol–water partition coefficient (Wildman–Crippen LogP) is 2.80. The highest BCUT2D eigenvalue weighted by Gasteiger charge is 2.29. The van der Waals surface area contributed by atoms with Crippen LogP contribution in [0.15, 0.2) is 60.8 Å². The van der Waals surface area contributed by atoms with Crippen LogP contribution in [-0.2, 0) is 11.3 Å². The fourth-order valence-corrected chi connectivity index (χ4v) is 2.87. The van der Waals surface area contributed by atoms with Crippen LogP contribution in [0, 0.1) is 5.82 Å². The van der Waals surface area contributed by atoms with E-state index in [1.54, 1.807) is 23.0 Å². The molecule has 1 N–H and O–H groups in total. The van der Waals surface area contributed by atoms with Gasteiger partial charge in [-0.1, -0.05) is 18.2 Å². The van der Waals surface area contributed by atoms with E-state index in [-0.39, 0.29) is 17.6 Å². The molecule has 0 aliphatic carbocycles. The van der Waals surface area contributed by atoms with Crippen molar-refractivity contribution in [1.82, 2.24) is 15.1 Å². The van der Waals surface area contributed by atoms with Crippen LogP contribution in [0.5, 0.6) is 5.75 Å². The van der Waals surface area contributed by atoms with E-state index in [0.717, 1.165) is 22.7 Å². The number of amides is 1. The summed E-state index contributed by atoms with van der Waals surface area (Å²) in [5.74, 6) is 0.0994. The van der Waals surface area contributed by atoms with Gasteiger partial charge in [-0.15, -0.1) is 0 Å². The molecule has 1 atom stereocenters. The van der Waals surface area contributed by atoms with Crippen molar-refractivity contribution in [1.29, 1.82) is 0 Å². The number of hydrogen-bond acceptors (Lipinski definition) is 3. The number of ether oxygens (including phenoxy) is 1. The van der Waals surface area contributed by atoms with Gasteiger partial charge in [-0.05, 0) is 36.4 Å². The summed E-state index contributed by atoms with van der Waals surface area (Å²) in [6, 6.07) is 15.5. The van der Waals surface area contributed by atoms with Gasteiger partial charge in [0.2, 0.25) is 5.91 Å². The summed E-state index contributed by atoms with van der Waals surface area (Å²) in [6.45, 7) is 0.681. The zero-order chi connectivity index (χ0) is 17.2. The molecule has 0 fully saturated rings. The number of halogens is 1. The van der Waals surface area contributed by atoms with Gasteiger partial charge in [0.15, 0.2) is 0 Å². The molecule has 0 bridgehead atoms. The van der Waals surface area contributed by atoms with E-state index in [2.05, 4.69) is 10.4 Å². The molecule has 1 amide bonds. The van der Waals surface area contributed by atoms with Crippen molar-refractivity contribution in [2.24, 2.45) is 0 Å².